The van der Waals surface area contributed by atoms with E-state index in [4.69, 9.17) is 0 Å². The molecule has 0 aromatic heterocycles. The van der Waals surface area contributed by atoms with Gasteiger partial charge in [-0.05, 0) is 49.4 Å². The van der Waals surface area contributed by atoms with Gasteiger partial charge in [0.2, 0.25) is 15.9 Å². The van der Waals surface area contributed by atoms with Crippen LogP contribution in [0.5, 0.6) is 0 Å². The molecule has 0 aliphatic carbocycles. The molecule has 2 aromatic carbocycles. The smallest absolute Gasteiger partial charge is 0.240 e. The molecule has 152 valence electrons. The number of benzene rings is 2. The standard InChI is InChI=1S/C22H30N2O3S/c1-3-7-18(2)24-22(25)15-12-20-10-13-21(14-11-20)28(26,27)23-17-16-19-8-5-4-6-9-19/h4-6,8-11,13-14,18,23H,3,7,12,15-17H2,1-2H3,(H,24,25)/t18-/m0/s1. The summed E-state index contributed by atoms with van der Waals surface area (Å²) < 4.78 is 27.4. The number of rotatable bonds is 11. The number of carbonyl (C=O) groups excluding carboxylic acids is 1. The predicted octanol–water partition coefficient (Wildman–Crippen LogP) is 3.45. The van der Waals surface area contributed by atoms with Gasteiger partial charge in [-0.25, -0.2) is 13.1 Å². The Morgan fingerprint density at radius 1 is 0.964 bits per heavy atom. The van der Waals surface area contributed by atoms with Crippen LogP contribution in [-0.4, -0.2) is 26.9 Å². The van der Waals surface area contributed by atoms with E-state index >= 15 is 0 Å². The molecule has 0 aliphatic rings. The maximum Gasteiger partial charge on any atom is 0.240 e. The van der Waals surface area contributed by atoms with Gasteiger partial charge in [-0.3, -0.25) is 4.79 Å². The Morgan fingerprint density at radius 2 is 1.61 bits per heavy atom. The van der Waals surface area contributed by atoms with Gasteiger partial charge in [0.05, 0.1) is 4.90 Å². The van der Waals surface area contributed by atoms with Crippen molar-refractivity contribution >= 4 is 15.9 Å². The van der Waals surface area contributed by atoms with Crippen molar-refractivity contribution in [2.45, 2.75) is 56.9 Å². The Labute approximate surface area is 168 Å². The minimum Gasteiger partial charge on any atom is -0.354 e. The quantitative estimate of drug-likeness (QED) is 0.604. The highest BCUT2D eigenvalue weighted by Crippen LogP contribution is 2.12. The van der Waals surface area contributed by atoms with Crippen molar-refractivity contribution in [3.8, 4) is 0 Å². The lowest BCUT2D eigenvalue weighted by atomic mass is 10.1. The summed E-state index contributed by atoms with van der Waals surface area (Å²) in [6.07, 6.45) is 3.64. The van der Waals surface area contributed by atoms with Crippen molar-refractivity contribution in [3.05, 3.63) is 65.7 Å². The first-order valence-corrected chi connectivity index (χ1v) is 11.3. The minimum absolute atomic E-state index is 0.0280. The van der Waals surface area contributed by atoms with Crippen LogP contribution in [0.3, 0.4) is 0 Å². The zero-order valence-electron chi connectivity index (χ0n) is 16.6. The van der Waals surface area contributed by atoms with E-state index in [0.29, 0.717) is 25.8 Å². The van der Waals surface area contributed by atoms with Crippen LogP contribution in [0.15, 0.2) is 59.5 Å². The van der Waals surface area contributed by atoms with E-state index in [1.165, 1.54) is 0 Å². The molecule has 2 rings (SSSR count). The normalized spacial score (nSPS) is 12.5. The number of nitrogens with one attached hydrogen (secondary N) is 2. The monoisotopic (exact) mass is 402 g/mol. The summed E-state index contributed by atoms with van der Waals surface area (Å²) in [6.45, 7) is 4.45. The van der Waals surface area contributed by atoms with E-state index in [1.807, 2.05) is 37.3 Å². The molecule has 0 bridgehead atoms. The topological polar surface area (TPSA) is 75.3 Å². The largest absolute Gasteiger partial charge is 0.354 e. The number of amides is 1. The summed E-state index contributed by atoms with van der Waals surface area (Å²) >= 11 is 0. The van der Waals surface area contributed by atoms with Gasteiger partial charge in [-0.2, -0.15) is 0 Å². The highest BCUT2D eigenvalue weighted by Gasteiger charge is 2.13. The number of sulfonamides is 1. The second-order valence-corrected chi connectivity index (χ2v) is 8.80. The van der Waals surface area contributed by atoms with Gasteiger partial charge >= 0.3 is 0 Å². The first-order chi connectivity index (χ1) is 13.4. The number of hydrogen-bond acceptors (Lipinski definition) is 3. The number of hydrogen-bond donors (Lipinski definition) is 2. The lowest BCUT2D eigenvalue weighted by Gasteiger charge is -2.12. The highest BCUT2D eigenvalue weighted by atomic mass is 32.2. The Kier molecular flexibility index (Phi) is 8.67. The van der Waals surface area contributed by atoms with Crippen molar-refractivity contribution in [1.29, 1.82) is 0 Å². The third kappa shape index (κ3) is 7.44. The predicted molar refractivity (Wildman–Crippen MR) is 113 cm³/mol. The third-order valence-electron chi connectivity index (χ3n) is 4.55. The molecule has 0 heterocycles. The molecule has 2 aromatic rings. The highest BCUT2D eigenvalue weighted by molar-refractivity contribution is 7.89. The van der Waals surface area contributed by atoms with Crippen LogP contribution in [0.2, 0.25) is 0 Å². The Hall–Kier alpha value is -2.18. The SMILES string of the molecule is CCC[C@H](C)NC(=O)CCc1ccc(S(=O)(=O)NCCc2ccccc2)cc1. The second kappa shape index (κ2) is 11.0. The average Bonchev–Trinajstić information content (AvgIpc) is 2.67. The fourth-order valence-corrected chi connectivity index (χ4v) is 4.03. The molecule has 1 atom stereocenters. The van der Waals surface area contributed by atoms with Gasteiger partial charge in [0, 0.05) is 19.0 Å². The van der Waals surface area contributed by atoms with Gasteiger partial charge in [0.25, 0.3) is 0 Å². The summed E-state index contributed by atoms with van der Waals surface area (Å²) in [5, 5.41) is 2.98. The second-order valence-electron chi connectivity index (χ2n) is 7.03. The van der Waals surface area contributed by atoms with Gasteiger partial charge in [-0.15, -0.1) is 0 Å². The first kappa shape index (κ1) is 22.1. The van der Waals surface area contributed by atoms with Crippen LogP contribution >= 0.6 is 0 Å². The van der Waals surface area contributed by atoms with Crippen molar-refractivity contribution in [2.75, 3.05) is 6.54 Å². The van der Waals surface area contributed by atoms with E-state index in [2.05, 4.69) is 17.0 Å². The molecule has 1 amide bonds. The maximum atomic E-state index is 12.4. The van der Waals surface area contributed by atoms with Crippen LogP contribution in [0.4, 0.5) is 0 Å². The van der Waals surface area contributed by atoms with E-state index in [0.717, 1.165) is 24.0 Å². The maximum absolute atomic E-state index is 12.4. The van der Waals surface area contributed by atoms with Crippen LogP contribution in [0.25, 0.3) is 0 Å². The third-order valence-corrected chi connectivity index (χ3v) is 6.03. The van der Waals surface area contributed by atoms with Crippen molar-refractivity contribution < 1.29 is 13.2 Å². The Balaban J connectivity index is 1.82. The van der Waals surface area contributed by atoms with Crippen LogP contribution in [0, 0.1) is 0 Å². The average molecular weight is 403 g/mol. The van der Waals surface area contributed by atoms with Gasteiger partial charge < -0.3 is 5.32 Å². The molecule has 0 aliphatic heterocycles. The summed E-state index contributed by atoms with van der Waals surface area (Å²) in [6, 6.07) is 16.7. The van der Waals surface area contributed by atoms with E-state index in [-0.39, 0.29) is 16.8 Å². The summed E-state index contributed by atoms with van der Waals surface area (Å²) in [5.74, 6) is 0.0280. The number of aryl methyl sites for hydroxylation is 1. The lowest BCUT2D eigenvalue weighted by Crippen LogP contribution is -2.32. The summed E-state index contributed by atoms with van der Waals surface area (Å²) in [5.41, 5.74) is 2.04. The van der Waals surface area contributed by atoms with E-state index < -0.39 is 10.0 Å². The molecule has 6 heteroatoms. The van der Waals surface area contributed by atoms with Crippen molar-refractivity contribution in [2.24, 2.45) is 0 Å². The Morgan fingerprint density at radius 3 is 2.25 bits per heavy atom. The zero-order chi connectivity index (χ0) is 20.4. The molecule has 5 nitrogen and oxygen atoms in total. The fourth-order valence-electron chi connectivity index (χ4n) is 3.00. The number of carbonyl (C=O) groups is 1. The van der Waals surface area contributed by atoms with Gasteiger partial charge in [-0.1, -0.05) is 55.8 Å². The van der Waals surface area contributed by atoms with Crippen molar-refractivity contribution in [1.82, 2.24) is 10.0 Å². The molecule has 0 radical (unpaired) electrons. The van der Waals surface area contributed by atoms with Gasteiger partial charge in [0.1, 0.15) is 0 Å². The Bertz CT molecular complexity index is 834. The molecular formula is C22H30N2O3S. The molecule has 28 heavy (non-hydrogen) atoms. The van der Waals surface area contributed by atoms with E-state index in [9.17, 15) is 13.2 Å². The first-order valence-electron chi connectivity index (χ1n) is 9.82. The fraction of sp³-hybridized carbons (Fsp3) is 0.409. The molecule has 0 unspecified atom stereocenters. The van der Waals surface area contributed by atoms with Crippen LogP contribution in [-0.2, 0) is 27.7 Å². The van der Waals surface area contributed by atoms with E-state index in [1.54, 1.807) is 24.3 Å². The summed E-state index contributed by atoms with van der Waals surface area (Å²) in [7, 11) is -3.53. The van der Waals surface area contributed by atoms with Crippen LogP contribution < -0.4 is 10.0 Å². The summed E-state index contributed by atoms with van der Waals surface area (Å²) in [4.78, 5) is 12.2. The minimum atomic E-state index is -3.53. The molecule has 0 spiro atoms. The van der Waals surface area contributed by atoms with Gasteiger partial charge in [0.15, 0.2) is 0 Å². The molecule has 0 saturated carbocycles. The molecule has 0 saturated heterocycles. The van der Waals surface area contributed by atoms with Crippen molar-refractivity contribution in [3.63, 3.8) is 0 Å². The zero-order valence-corrected chi connectivity index (χ0v) is 17.5. The molecule has 2 N–H and O–H groups in total. The lowest BCUT2D eigenvalue weighted by molar-refractivity contribution is -0.121. The van der Waals surface area contributed by atoms with Crippen LogP contribution in [0.1, 0.15) is 44.2 Å². The molecular weight excluding hydrogens is 372 g/mol. The molecule has 0 fully saturated rings.